The zero-order valence-electron chi connectivity index (χ0n) is 9.28. The maximum atomic E-state index is 5.77. The maximum absolute atomic E-state index is 5.77. The molecule has 3 heteroatoms. The molecule has 2 aromatic heterocycles. The summed E-state index contributed by atoms with van der Waals surface area (Å²) in [5, 5.41) is 3.53. The fourth-order valence-electron chi connectivity index (χ4n) is 2.36. The number of piperidine rings is 1. The summed E-state index contributed by atoms with van der Waals surface area (Å²) in [6.07, 6.45) is 6.68. The van der Waals surface area contributed by atoms with E-state index in [-0.39, 0.29) is 0 Å². The van der Waals surface area contributed by atoms with Crippen LogP contribution in [0.5, 0.6) is 0 Å². The highest BCUT2D eigenvalue weighted by atomic mass is 16.3. The Morgan fingerprint density at radius 1 is 1.44 bits per heavy atom. The molecule has 1 fully saturated rings. The third-order valence-corrected chi connectivity index (χ3v) is 3.20. The molecule has 0 radical (unpaired) electrons. The normalized spacial score (nSPS) is 21.4. The molecule has 16 heavy (non-hydrogen) atoms. The summed E-state index contributed by atoms with van der Waals surface area (Å²) < 4.78 is 5.77. The molecule has 0 saturated carbocycles. The van der Waals surface area contributed by atoms with Crippen LogP contribution in [0.15, 0.2) is 28.8 Å². The Labute approximate surface area is 94.9 Å². The van der Waals surface area contributed by atoms with Gasteiger partial charge in [-0.05, 0) is 31.5 Å². The van der Waals surface area contributed by atoms with E-state index < -0.39 is 0 Å². The summed E-state index contributed by atoms with van der Waals surface area (Å²) in [5.41, 5.74) is 1.86. The first kappa shape index (κ1) is 9.85. The molecule has 3 rings (SSSR count). The maximum Gasteiger partial charge on any atom is 0.152 e. The van der Waals surface area contributed by atoms with Gasteiger partial charge in [-0.25, -0.2) is 0 Å². The molecule has 1 atom stereocenters. The van der Waals surface area contributed by atoms with Crippen molar-refractivity contribution in [3.8, 4) is 0 Å². The van der Waals surface area contributed by atoms with Gasteiger partial charge in [0.2, 0.25) is 0 Å². The van der Waals surface area contributed by atoms with Crippen LogP contribution in [-0.4, -0.2) is 17.6 Å². The molecular formula is C13H16N2O. The number of hydrogen-bond donors (Lipinski definition) is 1. The van der Waals surface area contributed by atoms with E-state index in [9.17, 15) is 0 Å². The molecule has 1 N–H and O–H groups in total. The highest BCUT2D eigenvalue weighted by Crippen LogP contribution is 2.19. The molecule has 0 amide bonds. The molecule has 0 aromatic carbocycles. The van der Waals surface area contributed by atoms with Gasteiger partial charge in [-0.3, -0.25) is 4.98 Å². The molecule has 1 saturated heterocycles. The molecule has 1 unspecified atom stereocenters. The van der Waals surface area contributed by atoms with Gasteiger partial charge in [0, 0.05) is 24.7 Å². The molecule has 2 aromatic rings. The van der Waals surface area contributed by atoms with E-state index in [0.29, 0.717) is 6.04 Å². The predicted octanol–water partition coefficient (Wildman–Crippen LogP) is 2.51. The van der Waals surface area contributed by atoms with Crippen molar-refractivity contribution in [2.45, 2.75) is 31.7 Å². The highest BCUT2D eigenvalue weighted by Gasteiger charge is 2.15. The van der Waals surface area contributed by atoms with Crippen LogP contribution in [0.25, 0.3) is 11.1 Å². The van der Waals surface area contributed by atoms with Crippen LogP contribution in [-0.2, 0) is 6.42 Å². The highest BCUT2D eigenvalue weighted by molar-refractivity contribution is 5.72. The number of furan rings is 1. The topological polar surface area (TPSA) is 38.1 Å². The van der Waals surface area contributed by atoms with Crippen molar-refractivity contribution < 1.29 is 4.42 Å². The van der Waals surface area contributed by atoms with Gasteiger partial charge in [0.15, 0.2) is 5.58 Å². The van der Waals surface area contributed by atoms with Gasteiger partial charge in [-0.15, -0.1) is 0 Å². The number of hydrogen-bond acceptors (Lipinski definition) is 3. The summed E-state index contributed by atoms with van der Waals surface area (Å²) in [6, 6.07) is 6.52. The van der Waals surface area contributed by atoms with Crippen molar-refractivity contribution >= 4 is 11.1 Å². The largest absolute Gasteiger partial charge is 0.459 e. The molecule has 3 heterocycles. The third-order valence-electron chi connectivity index (χ3n) is 3.20. The molecule has 0 spiro atoms. The van der Waals surface area contributed by atoms with Crippen molar-refractivity contribution in [2.75, 3.05) is 6.54 Å². The summed E-state index contributed by atoms with van der Waals surface area (Å²) in [4.78, 5) is 4.28. The van der Waals surface area contributed by atoms with Gasteiger partial charge in [0.1, 0.15) is 11.3 Å². The molecule has 0 aliphatic carbocycles. The summed E-state index contributed by atoms with van der Waals surface area (Å²) in [5.74, 6) is 1.05. The second kappa shape index (κ2) is 4.26. The predicted molar refractivity (Wildman–Crippen MR) is 63.4 cm³/mol. The lowest BCUT2D eigenvalue weighted by Gasteiger charge is -2.22. The summed E-state index contributed by atoms with van der Waals surface area (Å²) in [7, 11) is 0. The lowest BCUT2D eigenvalue weighted by atomic mass is 10.0. The smallest absolute Gasteiger partial charge is 0.152 e. The standard InChI is InChI=1S/C13H16N2O/c1-2-6-14-10(4-1)8-11-9-12-13(16-11)5-3-7-15-12/h3,5,7,9-10,14H,1-2,4,6,8H2. The Kier molecular flexibility index (Phi) is 2.62. The van der Waals surface area contributed by atoms with Crippen LogP contribution < -0.4 is 5.32 Å². The lowest BCUT2D eigenvalue weighted by Crippen LogP contribution is -2.35. The van der Waals surface area contributed by atoms with Gasteiger partial charge in [0.25, 0.3) is 0 Å². The quantitative estimate of drug-likeness (QED) is 0.838. The van der Waals surface area contributed by atoms with Crippen molar-refractivity contribution in [3.63, 3.8) is 0 Å². The average Bonchev–Trinajstić information content (AvgIpc) is 2.72. The van der Waals surface area contributed by atoms with Crippen LogP contribution in [0.1, 0.15) is 25.0 Å². The van der Waals surface area contributed by atoms with Crippen LogP contribution in [0.4, 0.5) is 0 Å². The van der Waals surface area contributed by atoms with Crippen LogP contribution >= 0.6 is 0 Å². The molecule has 0 bridgehead atoms. The first-order valence-corrected chi connectivity index (χ1v) is 5.99. The van der Waals surface area contributed by atoms with E-state index in [1.165, 1.54) is 19.3 Å². The van der Waals surface area contributed by atoms with Crippen molar-refractivity contribution in [1.29, 1.82) is 0 Å². The minimum absolute atomic E-state index is 0.578. The first-order chi connectivity index (χ1) is 7.92. The molecule has 3 nitrogen and oxygen atoms in total. The number of nitrogens with zero attached hydrogens (tertiary/aromatic N) is 1. The summed E-state index contributed by atoms with van der Waals surface area (Å²) in [6.45, 7) is 1.14. The second-order valence-electron chi connectivity index (χ2n) is 4.45. The molecule has 1 aliphatic heterocycles. The monoisotopic (exact) mass is 216 g/mol. The van der Waals surface area contributed by atoms with E-state index in [1.54, 1.807) is 6.20 Å². The SMILES string of the molecule is c1cnc2cc(CC3CCCCN3)oc2c1. The van der Waals surface area contributed by atoms with Crippen molar-refractivity contribution in [1.82, 2.24) is 10.3 Å². The number of fused-ring (bicyclic) bond motifs is 1. The Morgan fingerprint density at radius 3 is 3.25 bits per heavy atom. The minimum Gasteiger partial charge on any atom is -0.459 e. The molecule has 84 valence electrons. The average molecular weight is 216 g/mol. The third kappa shape index (κ3) is 1.95. The minimum atomic E-state index is 0.578. The summed E-state index contributed by atoms with van der Waals surface area (Å²) >= 11 is 0. The molecule has 1 aliphatic rings. The Hall–Kier alpha value is -1.35. The fourth-order valence-corrected chi connectivity index (χ4v) is 2.36. The van der Waals surface area contributed by atoms with Crippen molar-refractivity contribution in [3.05, 3.63) is 30.2 Å². The van der Waals surface area contributed by atoms with E-state index in [0.717, 1.165) is 29.8 Å². The fraction of sp³-hybridized carbons (Fsp3) is 0.462. The Balaban J connectivity index is 1.78. The van der Waals surface area contributed by atoms with Gasteiger partial charge in [0.05, 0.1) is 0 Å². The lowest BCUT2D eigenvalue weighted by molar-refractivity contribution is 0.378. The van der Waals surface area contributed by atoms with E-state index in [2.05, 4.69) is 16.4 Å². The Morgan fingerprint density at radius 2 is 2.44 bits per heavy atom. The first-order valence-electron chi connectivity index (χ1n) is 5.99. The number of nitrogens with one attached hydrogen (secondary N) is 1. The van der Waals surface area contributed by atoms with Crippen LogP contribution in [0.2, 0.25) is 0 Å². The van der Waals surface area contributed by atoms with Crippen molar-refractivity contribution in [2.24, 2.45) is 0 Å². The van der Waals surface area contributed by atoms with Crippen LogP contribution in [0.3, 0.4) is 0 Å². The van der Waals surface area contributed by atoms with E-state index in [1.807, 2.05) is 12.1 Å². The van der Waals surface area contributed by atoms with E-state index in [4.69, 9.17) is 4.42 Å². The zero-order chi connectivity index (χ0) is 10.8. The molecular weight excluding hydrogens is 200 g/mol. The number of aromatic nitrogens is 1. The second-order valence-corrected chi connectivity index (χ2v) is 4.45. The van der Waals surface area contributed by atoms with Gasteiger partial charge < -0.3 is 9.73 Å². The van der Waals surface area contributed by atoms with Crippen LogP contribution in [0, 0.1) is 0 Å². The Bertz CT molecular complexity index is 438. The van der Waals surface area contributed by atoms with Gasteiger partial charge >= 0.3 is 0 Å². The number of pyridine rings is 1. The van der Waals surface area contributed by atoms with Gasteiger partial charge in [-0.2, -0.15) is 0 Å². The number of rotatable bonds is 2. The van der Waals surface area contributed by atoms with Gasteiger partial charge in [-0.1, -0.05) is 6.42 Å². The zero-order valence-corrected chi connectivity index (χ0v) is 9.28. The van der Waals surface area contributed by atoms with E-state index >= 15 is 0 Å².